The highest BCUT2D eigenvalue weighted by molar-refractivity contribution is 7.09. The number of hydrogen-bond acceptors (Lipinski definition) is 5. The minimum Gasteiger partial charge on any atom is -0.383 e. The molecular formula is C13H13Cl2N3O2S. The van der Waals surface area contributed by atoms with E-state index in [0.29, 0.717) is 19.7 Å². The second kappa shape index (κ2) is 7.70. The molecule has 0 fully saturated rings. The van der Waals surface area contributed by atoms with Gasteiger partial charge < -0.3 is 9.64 Å². The topological polar surface area (TPSA) is 55.3 Å². The molecule has 0 aliphatic rings. The highest BCUT2D eigenvalue weighted by Gasteiger charge is 2.20. The maximum atomic E-state index is 12.6. The first-order valence-corrected chi connectivity index (χ1v) is 7.74. The normalized spacial score (nSPS) is 10.6. The van der Waals surface area contributed by atoms with Crippen molar-refractivity contribution in [3.8, 4) is 0 Å². The number of carbonyl (C=O) groups excluding carboxylic acids is 1. The van der Waals surface area contributed by atoms with Gasteiger partial charge in [-0.3, -0.25) is 4.79 Å². The molecule has 0 aliphatic heterocycles. The zero-order valence-corrected chi connectivity index (χ0v) is 13.6. The van der Waals surface area contributed by atoms with Crippen molar-refractivity contribution >= 4 is 40.4 Å². The van der Waals surface area contributed by atoms with Crippen molar-refractivity contribution in [2.75, 3.05) is 20.3 Å². The largest absolute Gasteiger partial charge is 0.383 e. The van der Waals surface area contributed by atoms with E-state index < -0.39 is 0 Å². The molecule has 1 amide bonds. The second-order valence-electron chi connectivity index (χ2n) is 4.17. The number of aromatic nitrogens is 2. The Labute approximate surface area is 136 Å². The molecule has 2 rings (SSSR count). The average Bonchev–Trinajstić information content (AvgIpc) is 2.98. The summed E-state index contributed by atoms with van der Waals surface area (Å²) in [6.45, 7) is 1.36. The highest BCUT2D eigenvalue weighted by atomic mass is 35.5. The molecule has 2 aromatic rings. The van der Waals surface area contributed by atoms with Gasteiger partial charge in [-0.1, -0.05) is 29.3 Å². The summed E-state index contributed by atoms with van der Waals surface area (Å²) in [7, 11) is 1.59. The van der Waals surface area contributed by atoms with Gasteiger partial charge in [-0.25, -0.2) is 0 Å². The highest BCUT2D eigenvalue weighted by Crippen LogP contribution is 2.20. The lowest BCUT2D eigenvalue weighted by atomic mass is 10.2. The second-order valence-corrected chi connectivity index (χ2v) is 5.95. The number of halogens is 2. The number of carbonyl (C=O) groups is 1. The molecule has 0 unspecified atom stereocenters. The van der Waals surface area contributed by atoms with Crippen LogP contribution in [0.5, 0.6) is 0 Å². The number of ether oxygens (including phenoxy) is 1. The summed E-state index contributed by atoms with van der Waals surface area (Å²) in [5, 5.41) is 9.41. The van der Waals surface area contributed by atoms with Gasteiger partial charge >= 0.3 is 0 Å². The number of rotatable bonds is 6. The Kier molecular flexibility index (Phi) is 5.93. The average molecular weight is 346 g/mol. The lowest BCUT2D eigenvalue weighted by molar-refractivity contribution is 0.0682. The SMILES string of the molecule is COCCN(Cc1cccs1)C(=O)c1cc(Cl)nnc1Cl. The first-order chi connectivity index (χ1) is 10.1. The van der Waals surface area contributed by atoms with E-state index in [1.807, 2.05) is 17.5 Å². The molecule has 112 valence electrons. The Bertz CT molecular complexity index is 607. The first-order valence-electron chi connectivity index (χ1n) is 6.11. The zero-order chi connectivity index (χ0) is 15.2. The fourth-order valence-electron chi connectivity index (χ4n) is 1.72. The van der Waals surface area contributed by atoms with E-state index in [0.717, 1.165) is 4.88 Å². The van der Waals surface area contributed by atoms with Crippen molar-refractivity contribution in [2.45, 2.75) is 6.54 Å². The van der Waals surface area contributed by atoms with E-state index in [-0.39, 0.29) is 21.8 Å². The van der Waals surface area contributed by atoms with E-state index in [1.54, 1.807) is 23.3 Å². The van der Waals surface area contributed by atoms with Crippen LogP contribution in [0.3, 0.4) is 0 Å². The maximum Gasteiger partial charge on any atom is 0.257 e. The van der Waals surface area contributed by atoms with Crippen LogP contribution in [0.25, 0.3) is 0 Å². The van der Waals surface area contributed by atoms with Gasteiger partial charge in [0, 0.05) is 18.5 Å². The molecule has 2 heterocycles. The van der Waals surface area contributed by atoms with E-state index in [2.05, 4.69) is 10.2 Å². The van der Waals surface area contributed by atoms with Crippen LogP contribution in [0, 0.1) is 0 Å². The fourth-order valence-corrected chi connectivity index (χ4v) is 2.76. The molecule has 0 bridgehead atoms. The van der Waals surface area contributed by atoms with Crippen molar-refractivity contribution < 1.29 is 9.53 Å². The summed E-state index contributed by atoms with van der Waals surface area (Å²) in [5.74, 6) is -0.248. The monoisotopic (exact) mass is 345 g/mol. The van der Waals surface area contributed by atoms with Crippen LogP contribution in [-0.2, 0) is 11.3 Å². The smallest absolute Gasteiger partial charge is 0.257 e. The summed E-state index contributed by atoms with van der Waals surface area (Å²) in [4.78, 5) is 15.3. The number of thiophene rings is 1. The van der Waals surface area contributed by atoms with Gasteiger partial charge in [0.2, 0.25) is 0 Å². The third kappa shape index (κ3) is 4.38. The lowest BCUT2D eigenvalue weighted by Crippen LogP contribution is -2.33. The molecule has 0 radical (unpaired) electrons. The molecule has 8 heteroatoms. The Balaban J connectivity index is 2.22. The van der Waals surface area contributed by atoms with Crippen molar-refractivity contribution in [3.05, 3.63) is 44.3 Å². The number of nitrogens with zero attached hydrogens (tertiary/aromatic N) is 3. The quantitative estimate of drug-likeness (QED) is 0.806. The predicted octanol–water partition coefficient (Wildman–Crippen LogP) is 3.13. The maximum absolute atomic E-state index is 12.6. The van der Waals surface area contributed by atoms with Gasteiger partial charge in [0.15, 0.2) is 10.3 Å². The molecule has 0 aliphatic carbocycles. The van der Waals surface area contributed by atoms with Gasteiger partial charge in [-0.15, -0.1) is 21.5 Å². The van der Waals surface area contributed by atoms with E-state index >= 15 is 0 Å². The van der Waals surface area contributed by atoms with Crippen LogP contribution in [0.2, 0.25) is 10.3 Å². The van der Waals surface area contributed by atoms with Gasteiger partial charge in [-0.05, 0) is 17.5 Å². The van der Waals surface area contributed by atoms with Crippen molar-refractivity contribution in [1.82, 2.24) is 15.1 Å². The molecular weight excluding hydrogens is 333 g/mol. The van der Waals surface area contributed by atoms with E-state index in [1.165, 1.54) is 6.07 Å². The van der Waals surface area contributed by atoms with Crippen LogP contribution in [0.15, 0.2) is 23.6 Å². The van der Waals surface area contributed by atoms with Crippen molar-refractivity contribution in [3.63, 3.8) is 0 Å². The number of amides is 1. The molecule has 2 aromatic heterocycles. The minimum absolute atomic E-state index is 0.0398. The number of methoxy groups -OCH3 is 1. The standard InChI is InChI=1S/C13H13Cl2N3O2S/c1-20-5-4-18(8-9-3-2-6-21-9)13(19)10-7-11(14)16-17-12(10)15/h2-3,6-7H,4-5,8H2,1H3. The third-order valence-corrected chi connectivity index (χ3v) is 4.05. The Morgan fingerprint density at radius 3 is 2.90 bits per heavy atom. The van der Waals surface area contributed by atoms with E-state index in [4.69, 9.17) is 27.9 Å². The Morgan fingerprint density at radius 2 is 2.24 bits per heavy atom. The minimum atomic E-state index is -0.248. The Hall–Kier alpha value is -1.21. The van der Waals surface area contributed by atoms with Gasteiger partial charge in [0.1, 0.15) is 0 Å². The van der Waals surface area contributed by atoms with Crippen molar-refractivity contribution in [2.24, 2.45) is 0 Å². The molecule has 0 saturated carbocycles. The summed E-state index contributed by atoms with van der Waals surface area (Å²) in [6.07, 6.45) is 0. The summed E-state index contributed by atoms with van der Waals surface area (Å²) >= 11 is 13.3. The zero-order valence-electron chi connectivity index (χ0n) is 11.3. The summed E-state index contributed by atoms with van der Waals surface area (Å²) in [5.41, 5.74) is 0.240. The first kappa shape index (κ1) is 16.2. The molecule has 5 nitrogen and oxygen atoms in total. The predicted molar refractivity (Wildman–Crippen MR) is 83.0 cm³/mol. The third-order valence-electron chi connectivity index (χ3n) is 2.73. The van der Waals surface area contributed by atoms with E-state index in [9.17, 15) is 4.79 Å². The lowest BCUT2D eigenvalue weighted by Gasteiger charge is -2.22. The van der Waals surface area contributed by atoms with Crippen LogP contribution in [0.4, 0.5) is 0 Å². The number of hydrogen-bond donors (Lipinski definition) is 0. The van der Waals surface area contributed by atoms with Crippen LogP contribution < -0.4 is 0 Å². The van der Waals surface area contributed by atoms with Gasteiger partial charge in [-0.2, -0.15) is 0 Å². The molecule has 21 heavy (non-hydrogen) atoms. The molecule has 0 atom stereocenters. The van der Waals surface area contributed by atoms with Gasteiger partial charge in [0.05, 0.1) is 18.7 Å². The Morgan fingerprint density at radius 1 is 1.43 bits per heavy atom. The van der Waals surface area contributed by atoms with Crippen LogP contribution >= 0.6 is 34.5 Å². The fraction of sp³-hybridized carbons (Fsp3) is 0.308. The molecule has 0 aromatic carbocycles. The molecule has 0 spiro atoms. The summed E-state index contributed by atoms with van der Waals surface area (Å²) < 4.78 is 5.05. The van der Waals surface area contributed by atoms with Gasteiger partial charge in [0.25, 0.3) is 5.91 Å². The summed E-state index contributed by atoms with van der Waals surface area (Å²) in [6, 6.07) is 5.33. The molecule has 0 N–H and O–H groups in total. The van der Waals surface area contributed by atoms with Crippen LogP contribution in [0.1, 0.15) is 15.2 Å². The molecule has 0 saturated heterocycles. The van der Waals surface area contributed by atoms with Crippen LogP contribution in [-0.4, -0.2) is 41.3 Å². The van der Waals surface area contributed by atoms with Crippen molar-refractivity contribution in [1.29, 1.82) is 0 Å².